The van der Waals surface area contributed by atoms with Gasteiger partial charge in [0, 0.05) is 5.69 Å². The summed E-state index contributed by atoms with van der Waals surface area (Å²) in [6, 6.07) is 13.9. The summed E-state index contributed by atoms with van der Waals surface area (Å²) in [5.41, 5.74) is 1.44. The van der Waals surface area contributed by atoms with Crippen LogP contribution in [0.1, 0.15) is 18.9 Å². The first-order valence-electron chi connectivity index (χ1n) is 8.03. The minimum absolute atomic E-state index is 0.169. The van der Waals surface area contributed by atoms with E-state index in [1.54, 1.807) is 42.5 Å². The zero-order valence-electron chi connectivity index (χ0n) is 13.6. The van der Waals surface area contributed by atoms with E-state index in [1.807, 2.05) is 6.07 Å². The molecule has 1 aliphatic heterocycles. The molecule has 1 heterocycles. The molecule has 0 bridgehead atoms. The number of sulfonamides is 1. The molecule has 0 aliphatic carbocycles. The van der Waals surface area contributed by atoms with Crippen LogP contribution in [-0.2, 0) is 21.2 Å². The maximum atomic E-state index is 12.6. The van der Waals surface area contributed by atoms with Crippen molar-refractivity contribution in [3.05, 3.63) is 54.1 Å². The van der Waals surface area contributed by atoms with Gasteiger partial charge in [0.25, 0.3) is 10.0 Å². The second kappa shape index (κ2) is 7.23. The van der Waals surface area contributed by atoms with Gasteiger partial charge < -0.3 is 9.47 Å². The standard InChI is InChI=1S/C18H21NO4S/c1-2-6-14-11-17(9-10-18(14)23-13-16-12-22-16)24(20,21)19-15-7-4-3-5-8-15/h3-5,7-11,16,19H,2,6,12-13H2,1H3. The molecule has 128 valence electrons. The van der Waals surface area contributed by atoms with Crippen LogP contribution in [0.5, 0.6) is 5.75 Å². The van der Waals surface area contributed by atoms with Crippen LogP contribution in [-0.4, -0.2) is 27.7 Å². The number of hydrogen-bond donors (Lipinski definition) is 1. The summed E-state index contributed by atoms with van der Waals surface area (Å²) >= 11 is 0. The third-order valence-electron chi connectivity index (χ3n) is 3.71. The Hall–Kier alpha value is -2.05. The maximum Gasteiger partial charge on any atom is 0.261 e. The summed E-state index contributed by atoms with van der Waals surface area (Å²) in [7, 11) is -3.62. The van der Waals surface area contributed by atoms with Crippen LogP contribution < -0.4 is 9.46 Å². The summed E-state index contributed by atoms with van der Waals surface area (Å²) < 4.78 is 38.6. The van der Waals surface area contributed by atoms with Gasteiger partial charge in [-0.25, -0.2) is 8.42 Å². The number of benzene rings is 2. The molecule has 0 amide bonds. The van der Waals surface area contributed by atoms with E-state index < -0.39 is 10.0 Å². The molecule has 1 saturated heterocycles. The van der Waals surface area contributed by atoms with Gasteiger partial charge in [-0.3, -0.25) is 4.72 Å². The SMILES string of the molecule is CCCc1cc(S(=O)(=O)Nc2ccccc2)ccc1OCC1CO1. The number of ether oxygens (including phenoxy) is 2. The van der Waals surface area contributed by atoms with E-state index in [0.29, 0.717) is 12.3 Å². The Morgan fingerprint density at radius 1 is 1.21 bits per heavy atom. The van der Waals surface area contributed by atoms with Crippen molar-refractivity contribution in [2.45, 2.75) is 30.8 Å². The molecule has 2 aromatic carbocycles. The summed E-state index contributed by atoms with van der Waals surface area (Å²) in [6.07, 6.45) is 1.84. The van der Waals surface area contributed by atoms with E-state index in [4.69, 9.17) is 9.47 Å². The smallest absolute Gasteiger partial charge is 0.261 e. The van der Waals surface area contributed by atoms with Crippen molar-refractivity contribution < 1.29 is 17.9 Å². The second-order valence-electron chi connectivity index (χ2n) is 5.76. The van der Waals surface area contributed by atoms with Crippen LogP contribution in [0.25, 0.3) is 0 Å². The Labute approximate surface area is 142 Å². The highest BCUT2D eigenvalue weighted by molar-refractivity contribution is 7.92. The van der Waals surface area contributed by atoms with Crippen molar-refractivity contribution >= 4 is 15.7 Å². The van der Waals surface area contributed by atoms with Crippen molar-refractivity contribution in [2.24, 2.45) is 0 Å². The van der Waals surface area contributed by atoms with Gasteiger partial charge in [-0.15, -0.1) is 0 Å². The predicted molar refractivity (Wildman–Crippen MR) is 92.9 cm³/mol. The summed E-state index contributed by atoms with van der Waals surface area (Å²) in [5.74, 6) is 0.728. The minimum atomic E-state index is -3.62. The van der Waals surface area contributed by atoms with Crippen molar-refractivity contribution in [1.29, 1.82) is 0 Å². The zero-order valence-corrected chi connectivity index (χ0v) is 14.4. The van der Waals surface area contributed by atoms with Crippen LogP contribution in [0.2, 0.25) is 0 Å². The molecule has 1 unspecified atom stereocenters. The van der Waals surface area contributed by atoms with Gasteiger partial charge >= 0.3 is 0 Å². The van der Waals surface area contributed by atoms with Gasteiger partial charge in [-0.1, -0.05) is 31.5 Å². The third kappa shape index (κ3) is 4.27. The van der Waals surface area contributed by atoms with Crippen molar-refractivity contribution in [3.8, 4) is 5.75 Å². The lowest BCUT2D eigenvalue weighted by Crippen LogP contribution is -2.14. The van der Waals surface area contributed by atoms with E-state index >= 15 is 0 Å². The molecule has 1 N–H and O–H groups in total. The number of para-hydroxylation sites is 1. The molecule has 1 aliphatic rings. The Morgan fingerprint density at radius 2 is 1.96 bits per heavy atom. The number of rotatable bonds is 8. The Balaban J connectivity index is 1.82. The first kappa shape index (κ1) is 16.8. The highest BCUT2D eigenvalue weighted by Crippen LogP contribution is 2.26. The van der Waals surface area contributed by atoms with Crippen LogP contribution in [0, 0.1) is 0 Å². The average molecular weight is 347 g/mol. The summed E-state index contributed by atoms with van der Waals surface area (Å²) in [4.78, 5) is 0.241. The lowest BCUT2D eigenvalue weighted by molar-refractivity contribution is 0.261. The van der Waals surface area contributed by atoms with E-state index in [2.05, 4.69) is 11.6 Å². The lowest BCUT2D eigenvalue weighted by atomic mass is 10.1. The van der Waals surface area contributed by atoms with E-state index in [9.17, 15) is 8.42 Å². The molecule has 1 atom stereocenters. The van der Waals surface area contributed by atoms with Gasteiger partial charge in [0.2, 0.25) is 0 Å². The fraction of sp³-hybridized carbons (Fsp3) is 0.333. The molecule has 6 heteroatoms. The normalized spacial score (nSPS) is 16.6. The van der Waals surface area contributed by atoms with Crippen molar-refractivity contribution in [1.82, 2.24) is 0 Å². The largest absolute Gasteiger partial charge is 0.491 e. The molecular formula is C18H21NO4S. The second-order valence-corrected chi connectivity index (χ2v) is 7.44. The summed E-state index contributed by atoms with van der Waals surface area (Å²) in [6.45, 7) is 3.29. The zero-order chi connectivity index (χ0) is 17.0. The molecule has 1 fully saturated rings. The van der Waals surface area contributed by atoms with E-state index in [-0.39, 0.29) is 11.0 Å². The van der Waals surface area contributed by atoms with Crippen molar-refractivity contribution in [2.75, 3.05) is 17.9 Å². The van der Waals surface area contributed by atoms with Gasteiger partial charge in [0.1, 0.15) is 18.5 Å². The monoisotopic (exact) mass is 347 g/mol. The molecule has 0 saturated carbocycles. The number of epoxide rings is 1. The molecule has 24 heavy (non-hydrogen) atoms. The molecule has 5 nitrogen and oxygen atoms in total. The van der Waals surface area contributed by atoms with Gasteiger partial charge in [-0.05, 0) is 42.3 Å². The van der Waals surface area contributed by atoms with Crippen LogP contribution in [0.15, 0.2) is 53.4 Å². The number of nitrogens with one attached hydrogen (secondary N) is 1. The van der Waals surface area contributed by atoms with E-state index in [0.717, 1.165) is 30.8 Å². The van der Waals surface area contributed by atoms with Gasteiger partial charge in [0.05, 0.1) is 11.5 Å². The molecular weight excluding hydrogens is 326 g/mol. The van der Waals surface area contributed by atoms with Crippen molar-refractivity contribution in [3.63, 3.8) is 0 Å². The Kier molecular flexibility index (Phi) is 5.06. The number of anilines is 1. The summed E-state index contributed by atoms with van der Waals surface area (Å²) in [5, 5.41) is 0. The minimum Gasteiger partial charge on any atom is -0.491 e. The molecule has 2 aromatic rings. The van der Waals surface area contributed by atoms with E-state index in [1.165, 1.54) is 0 Å². The topological polar surface area (TPSA) is 67.9 Å². The lowest BCUT2D eigenvalue weighted by Gasteiger charge is -2.13. The predicted octanol–water partition coefficient (Wildman–Crippen LogP) is 3.22. The highest BCUT2D eigenvalue weighted by atomic mass is 32.2. The first-order valence-corrected chi connectivity index (χ1v) is 9.52. The van der Waals surface area contributed by atoms with Crippen LogP contribution >= 0.6 is 0 Å². The number of aryl methyl sites for hydroxylation is 1. The number of hydrogen-bond acceptors (Lipinski definition) is 4. The quantitative estimate of drug-likeness (QED) is 0.745. The maximum absolute atomic E-state index is 12.6. The van der Waals surface area contributed by atoms with Gasteiger partial charge in [0.15, 0.2) is 0 Å². The van der Waals surface area contributed by atoms with Gasteiger partial charge in [-0.2, -0.15) is 0 Å². The first-order chi connectivity index (χ1) is 11.6. The third-order valence-corrected chi connectivity index (χ3v) is 5.09. The molecule has 3 rings (SSSR count). The highest BCUT2D eigenvalue weighted by Gasteiger charge is 2.24. The molecule has 0 aromatic heterocycles. The Morgan fingerprint density at radius 3 is 2.62 bits per heavy atom. The average Bonchev–Trinajstić information content (AvgIpc) is 3.39. The Bertz CT molecular complexity index is 786. The van der Waals surface area contributed by atoms with Crippen LogP contribution in [0.3, 0.4) is 0 Å². The molecule has 0 radical (unpaired) electrons. The van der Waals surface area contributed by atoms with Crippen LogP contribution in [0.4, 0.5) is 5.69 Å². The fourth-order valence-electron chi connectivity index (χ4n) is 2.40. The fourth-order valence-corrected chi connectivity index (χ4v) is 3.50. The molecule has 0 spiro atoms.